The lowest BCUT2D eigenvalue weighted by atomic mass is 10.1. The van der Waals surface area contributed by atoms with Crippen molar-refractivity contribution in [2.45, 2.75) is 13.0 Å². The molecule has 0 fully saturated rings. The Morgan fingerprint density at radius 3 is 2.53 bits per heavy atom. The molecular weight excluding hydrogens is 254 g/mol. The Bertz CT molecular complexity index is 318. The van der Waals surface area contributed by atoms with E-state index in [0.29, 0.717) is 17.5 Å². The molecule has 0 spiro atoms. The average molecular weight is 274 g/mol. The van der Waals surface area contributed by atoms with Gasteiger partial charge < -0.3 is 10.4 Å². The fraction of sp³-hybridized carbons (Fsp3) is 0.538. The molecule has 17 heavy (non-hydrogen) atoms. The highest BCUT2D eigenvalue weighted by atomic mass is 35.5. The van der Waals surface area contributed by atoms with Crippen LogP contribution in [0.3, 0.4) is 0 Å². The smallest absolute Gasteiger partial charge is 0.0914 e. The lowest BCUT2D eigenvalue weighted by molar-refractivity contribution is 0.173. The SMILES string of the molecule is CSCC(C)CNCC(O)c1ccc(Cl)cc1. The summed E-state index contributed by atoms with van der Waals surface area (Å²) >= 11 is 7.65. The van der Waals surface area contributed by atoms with Crippen molar-refractivity contribution in [2.75, 3.05) is 25.1 Å². The Balaban J connectivity index is 2.29. The van der Waals surface area contributed by atoms with E-state index in [9.17, 15) is 5.11 Å². The highest BCUT2D eigenvalue weighted by Gasteiger charge is 2.07. The highest BCUT2D eigenvalue weighted by molar-refractivity contribution is 7.98. The van der Waals surface area contributed by atoms with Gasteiger partial charge in [0.1, 0.15) is 0 Å². The van der Waals surface area contributed by atoms with Crippen molar-refractivity contribution < 1.29 is 5.11 Å². The topological polar surface area (TPSA) is 32.3 Å². The van der Waals surface area contributed by atoms with Gasteiger partial charge in [0, 0.05) is 11.6 Å². The predicted octanol–water partition coefficient (Wildman–Crippen LogP) is 2.96. The van der Waals surface area contributed by atoms with Gasteiger partial charge in [-0.3, -0.25) is 0 Å². The number of rotatable bonds is 7. The fourth-order valence-corrected chi connectivity index (χ4v) is 2.43. The largest absolute Gasteiger partial charge is 0.387 e. The first-order valence-electron chi connectivity index (χ1n) is 5.76. The lowest BCUT2D eigenvalue weighted by Crippen LogP contribution is -2.27. The first-order chi connectivity index (χ1) is 8.13. The molecule has 2 N–H and O–H groups in total. The molecule has 0 aliphatic carbocycles. The van der Waals surface area contributed by atoms with Gasteiger partial charge in [-0.25, -0.2) is 0 Å². The van der Waals surface area contributed by atoms with Crippen molar-refractivity contribution >= 4 is 23.4 Å². The summed E-state index contributed by atoms with van der Waals surface area (Å²) in [5, 5.41) is 13.9. The molecule has 1 aromatic carbocycles. The summed E-state index contributed by atoms with van der Waals surface area (Å²) in [4.78, 5) is 0. The number of hydrogen-bond donors (Lipinski definition) is 2. The minimum absolute atomic E-state index is 0.464. The van der Waals surface area contributed by atoms with Crippen LogP contribution in [0.5, 0.6) is 0 Å². The van der Waals surface area contributed by atoms with Crippen molar-refractivity contribution in [2.24, 2.45) is 5.92 Å². The number of aliphatic hydroxyl groups is 1. The van der Waals surface area contributed by atoms with Crippen molar-refractivity contribution in [1.29, 1.82) is 0 Å². The normalized spacial score (nSPS) is 14.6. The molecule has 0 heterocycles. The second-order valence-electron chi connectivity index (χ2n) is 4.29. The second-order valence-corrected chi connectivity index (χ2v) is 5.63. The molecule has 0 aliphatic rings. The maximum absolute atomic E-state index is 9.94. The Labute approximate surface area is 113 Å². The van der Waals surface area contributed by atoms with E-state index < -0.39 is 6.10 Å². The molecule has 0 bridgehead atoms. The maximum Gasteiger partial charge on any atom is 0.0914 e. The van der Waals surface area contributed by atoms with E-state index in [1.165, 1.54) is 0 Å². The standard InChI is InChI=1S/C13H20ClNOS/c1-10(9-17-2)7-15-8-13(16)11-3-5-12(14)6-4-11/h3-6,10,13,15-16H,7-9H2,1-2H3. The first kappa shape index (κ1) is 14.8. The van der Waals surface area contributed by atoms with Crippen LogP contribution in [-0.2, 0) is 0 Å². The predicted molar refractivity (Wildman–Crippen MR) is 76.8 cm³/mol. The first-order valence-corrected chi connectivity index (χ1v) is 7.54. The molecule has 0 radical (unpaired) electrons. The van der Waals surface area contributed by atoms with E-state index in [0.717, 1.165) is 17.9 Å². The minimum atomic E-state index is -0.464. The van der Waals surface area contributed by atoms with Crippen LogP contribution in [0, 0.1) is 5.92 Å². The molecule has 2 atom stereocenters. The molecule has 1 rings (SSSR count). The van der Waals surface area contributed by atoms with Gasteiger partial charge in [0.25, 0.3) is 0 Å². The van der Waals surface area contributed by atoms with Gasteiger partial charge >= 0.3 is 0 Å². The van der Waals surface area contributed by atoms with Crippen molar-refractivity contribution in [1.82, 2.24) is 5.32 Å². The molecule has 0 saturated carbocycles. The molecule has 0 aromatic heterocycles. The van der Waals surface area contributed by atoms with Gasteiger partial charge in [0.15, 0.2) is 0 Å². The van der Waals surface area contributed by atoms with Crippen molar-refractivity contribution in [3.8, 4) is 0 Å². The third-order valence-corrected chi connectivity index (χ3v) is 3.69. The van der Waals surface area contributed by atoms with E-state index in [-0.39, 0.29) is 0 Å². The van der Waals surface area contributed by atoms with Gasteiger partial charge in [-0.2, -0.15) is 11.8 Å². The van der Waals surface area contributed by atoms with Gasteiger partial charge in [-0.1, -0.05) is 30.7 Å². The van der Waals surface area contributed by atoms with Crippen LogP contribution in [0.25, 0.3) is 0 Å². The zero-order valence-corrected chi connectivity index (χ0v) is 11.9. The van der Waals surface area contributed by atoms with Gasteiger partial charge in [0.05, 0.1) is 6.10 Å². The van der Waals surface area contributed by atoms with Crippen LogP contribution in [0.2, 0.25) is 5.02 Å². The minimum Gasteiger partial charge on any atom is -0.387 e. The molecule has 96 valence electrons. The van der Waals surface area contributed by atoms with Crippen LogP contribution in [0.15, 0.2) is 24.3 Å². The van der Waals surface area contributed by atoms with Crippen molar-refractivity contribution in [3.63, 3.8) is 0 Å². The molecule has 1 aromatic rings. The van der Waals surface area contributed by atoms with Gasteiger partial charge in [-0.05, 0) is 42.2 Å². The molecule has 2 nitrogen and oxygen atoms in total. The summed E-state index contributed by atoms with van der Waals surface area (Å²) < 4.78 is 0. The monoisotopic (exact) mass is 273 g/mol. The molecule has 0 saturated heterocycles. The summed E-state index contributed by atoms with van der Waals surface area (Å²) in [6.45, 7) is 3.73. The van der Waals surface area contributed by atoms with E-state index >= 15 is 0 Å². The van der Waals surface area contributed by atoms with Gasteiger partial charge in [0.2, 0.25) is 0 Å². The Kier molecular flexibility index (Phi) is 6.97. The molecule has 0 aliphatic heterocycles. The Hall–Kier alpha value is -0.220. The maximum atomic E-state index is 9.94. The van der Waals surface area contributed by atoms with Crippen LogP contribution in [0.1, 0.15) is 18.6 Å². The molecule has 0 amide bonds. The van der Waals surface area contributed by atoms with E-state index in [1.54, 1.807) is 12.1 Å². The Morgan fingerprint density at radius 1 is 1.29 bits per heavy atom. The summed E-state index contributed by atoms with van der Waals surface area (Å²) in [5.74, 6) is 1.77. The van der Waals surface area contributed by atoms with E-state index in [1.807, 2.05) is 23.9 Å². The molecule has 2 unspecified atom stereocenters. The summed E-state index contributed by atoms with van der Waals surface area (Å²) in [6, 6.07) is 7.33. The third-order valence-electron chi connectivity index (χ3n) is 2.54. The van der Waals surface area contributed by atoms with E-state index in [4.69, 9.17) is 11.6 Å². The second kappa shape index (κ2) is 7.98. The Morgan fingerprint density at radius 2 is 1.94 bits per heavy atom. The van der Waals surface area contributed by atoms with Crippen LogP contribution < -0.4 is 5.32 Å². The summed E-state index contributed by atoms with van der Waals surface area (Å²) in [7, 11) is 0. The molecular formula is C13H20ClNOS. The zero-order chi connectivity index (χ0) is 12.7. The van der Waals surface area contributed by atoms with Crippen LogP contribution in [-0.4, -0.2) is 30.2 Å². The van der Waals surface area contributed by atoms with Crippen LogP contribution in [0.4, 0.5) is 0 Å². The third kappa shape index (κ3) is 5.77. The fourth-order valence-electron chi connectivity index (χ4n) is 1.61. The number of halogens is 1. The van der Waals surface area contributed by atoms with Crippen LogP contribution >= 0.6 is 23.4 Å². The number of hydrogen-bond acceptors (Lipinski definition) is 3. The number of benzene rings is 1. The quantitative estimate of drug-likeness (QED) is 0.801. The summed E-state index contributed by atoms with van der Waals surface area (Å²) in [5.41, 5.74) is 0.902. The lowest BCUT2D eigenvalue weighted by Gasteiger charge is -2.15. The average Bonchev–Trinajstić information content (AvgIpc) is 2.30. The molecule has 4 heteroatoms. The highest BCUT2D eigenvalue weighted by Crippen LogP contribution is 2.15. The number of thioether (sulfide) groups is 1. The number of aliphatic hydroxyl groups excluding tert-OH is 1. The summed E-state index contributed by atoms with van der Waals surface area (Å²) in [6.07, 6.45) is 1.65. The van der Waals surface area contributed by atoms with Crippen molar-refractivity contribution in [3.05, 3.63) is 34.9 Å². The van der Waals surface area contributed by atoms with E-state index in [2.05, 4.69) is 18.5 Å². The zero-order valence-electron chi connectivity index (χ0n) is 10.3. The van der Waals surface area contributed by atoms with Gasteiger partial charge in [-0.15, -0.1) is 0 Å². The number of nitrogens with one attached hydrogen (secondary N) is 1.